The van der Waals surface area contributed by atoms with Gasteiger partial charge >= 0.3 is 0 Å². The van der Waals surface area contributed by atoms with Gasteiger partial charge in [0.25, 0.3) is 0 Å². The van der Waals surface area contributed by atoms with E-state index in [1.807, 2.05) is 19.1 Å². The van der Waals surface area contributed by atoms with Crippen molar-refractivity contribution in [1.29, 1.82) is 5.26 Å². The number of hydrogen-bond donors (Lipinski definition) is 3. The Balaban J connectivity index is 1.33. The maximum Gasteiger partial charge on any atom is 0.239 e. The molecule has 1 aromatic carbocycles. The zero-order valence-corrected chi connectivity index (χ0v) is 19.1. The Morgan fingerprint density at radius 2 is 2.21 bits per heavy atom. The third-order valence-electron chi connectivity index (χ3n) is 5.65. The van der Waals surface area contributed by atoms with E-state index in [0.29, 0.717) is 43.1 Å². The minimum absolute atomic E-state index is 0.0820. The summed E-state index contributed by atoms with van der Waals surface area (Å²) in [5.74, 6) is 0.516. The van der Waals surface area contributed by atoms with Crippen LogP contribution in [0, 0.1) is 23.2 Å². The summed E-state index contributed by atoms with van der Waals surface area (Å²) in [6.07, 6.45) is 3.02. The fraction of sp³-hybridized carbons (Fsp3) is 0.381. The molecule has 0 saturated carbocycles. The molecule has 1 amide bonds. The van der Waals surface area contributed by atoms with Gasteiger partial charge in [-0.1, -0.05) is 5.18 Å². The first-order valence-electron chi connectivity index (χ1n) is 10.5. The standard InChI is InChI=1S/C21H24N8O3S/c1-13-16(10-22)23-11-18-21(13)26-29(18)33-24-12-20(30)25-15-3-4-19(32-2)17(9-15)28-7-5-14(27-31)6-8-28/h3-4,9,11,14,24,26H,5-8,12H2,1-2H3,(H,25,30). The molecular weight excluding hydrogens is 444 g/mol. The Morgan fingerprint density at radius 3 is 2.91 bits per heavy atom. The van der Waals surface area contributed by atoms with Gasteiger partial charge in [0.2, 0.25) is 5.91 Å². The molecule has 0 spiro atoms. The molecule has 3 aromatic rings. The van der Waals surface area contributed by atoms with Gasteiger partial charge < -0.3 is 15.0 Å². The highest BCUT2D eigenvalue weighted by molar-refractivity contribution is 7.96. The van der Waals surface area contributed by atoms with Crippen molar-refractivity contribution in [2.45, 2.75) is 25.8 Å². The van der Waals surface area contributed by atoms with E-state index in [4.69, 9.17) is 10.00 Å². The monoisotopic (exact) mass is 468 g/mol. The normalized spacial score (nSPS) is 14.3. The van der Waals surface area contributed by atoms with Gasteiger partial charge in [-0.3, -0.25) is 9.89 Å². The van der Waals surface area contributed by atoms with E-state index in [-0.39, 0.29) is 18.5 Å². The molecular formula is C21H24N8O3S. The second-order valence-electron chi connectivity index (χ2n) is 7.68. The zero-order chi connectivity index (χ0) is 23.4. The number of aromatic nitrogens is 3. The molecule has 0 unspecified atom stereocenters. The summed E-state index contributed by atoms with van der Waals surface area (Å²) in [4.78, 5) is 29.5. The Kier molecular flexibility index (Phi) is 6.81. The fourth-order valence-electron chi connectivity index (χ4n) is 3.78. The van der Waals surface area contributed by atoms with Gasteiger partial charge in [0.1, 0.15) is 23.0 Å². The zero-order valence-electron chi connectivity index (χ0n) is 18.3. The molecule has 4 rings (SSSR count). The molecule has 0 atom stereocenters. The summed E-state index contributed by atoms with van der Waals surface area (Å²) in [5.41, 5.74) is 4.43. The number of amides is 1. The van der Waals surface area contributed by atoms with Crippen LogP contribution < -0.4 is 19.7 Å². The molecule has 0 radical (unpaired) electrons. The summed E-state index contributed by atoms with van der Waals surface area (Å²) in [6.45, 7) is 3.33. The number of nitriles is 1. The van der Waals surface area contributed by atoms with Crippen LogP contribution in [0.1, 0.15) is 24.1 Å². The number of nitrogens with one attached hydrogen (secondary N) is 3. The predicted octanol–water partition coefficient (Wildman–Crippen LogP) is 2.93. The lowest BCUT2D eigenvalue weighted by Crippen LogP contribution is -2.35. The van der Waals surface area contributed by atoms with Crippen molar-refractivity contribution in [3.63, 3.8) is 0 Å². The van der Waals surface area contributed by atoms with Crippen molar-refractivity contribution in [3.8, 4) is 11.8 Å². The molecule has 3 heterocycles. The van der Waals surface area contributed by atoms with E-state index in [2.05, 4.69) is 36.3 Å². The highest BCUT2D eigenvalue weighted by Crippen LogP contribution is 2.33. The van der Waals surface area contributed by atoms with Gasteiger partial charge in [0.15, 0.2) is 0 Å². The molecule has 33 heavy (non-hydrogen) atoms. The third kappa shape index (κ3) is 4.79. The number of fused-ring (bicyclic) bond motifs is 1. The average Bonchev–Trinajstić information content (AvgIpc) is 2.82. The number of ether oxygens (including phenoxy) is 1. The van der Waals surface area contributed by atoms with Crippen LogP contribution in [0.5, 0.6) is 5.75 Å². The molecule has 1 aliphatic rings. The largest absolute Gasteiger partial charge is 0.495 e. The lowest BCUT2D eigenvalue weighted by Gasteiger charge is -2.32. The van der Waals surface area contributed by atoms with E-state index in [0.717, 1.165) is 22.3 Å². The number of carbonyl (C=O) groups is 1. The number of nitroso groups, excluding NO2 is 1. The first-order chi connectivity index (χ1) is 16.0. The number of aryl methyl sites for hydroxylation is 1. The van der Waals surface area contributed by atoms with Gasteiger partial charge in [-0.25, -0.2) is 13.8 Å². The number of H-pyrrole nitrogens is 1. The number of aromatic amines is 1. The fourth-order valence-corrected chi connectivity index (χ4v) is 4.48. The summed E-state index contributed by atoms with van der Waals surface area (Å²) >= 11 is 1.23. The molecule has 1 saturated heterocycles. The number of piperidine rings is 1. The van der Waals surface area contributed by atoms with Crippen molar-refractivity contribution >= 4 is 40.4 Å². The van der Waals surface area contributed by atoms with Crippen molar-refractivity contribution < 1.29 is 9.53 Å². The molecule has 2 aromatic heterocycles. The van der Waals surface area contributed by atoms with Crippen molar-refractivity contribution in [1.82, 2.24) is 18.9 Å². The van der Waals surface area contributed by atoms with Crippen LogP contribution >= 0.6 is 12.1 Å². The van der Waals surface area contributed by atoms with E-state index in [1.165, 1.54) is 12.1 Å². The molecule has 172 valence electrons. The number of carbonyl (C=O) groups excluding carboxylic acids is 1. The second kappa shape index (κ2) is 9.93. The molecule has 1 aliphatic heterocycles. The van der Waals surface area contributed by atoms with E-state index >= 15 is 0 Å². The number of nitrogens with zero attached hydrogens (tertiary/aromatic N) is 5. The molecule has 12 heteroatoms. The maximum absolute atomic E-state index is 12.4. The summed E-state index contributed by atoms with van der Waals surface area (Å²) in [5, 5.41) is 18.2. The number of benzene rings is 1. The van der Waals surface area contributed by atoms with Gasteiger partial charge in [-0.15, -0.1) is 0 Å². The molecule has 0 aliphatic carbocycles. The smallest absolute Gasteiger partial charge is 0.239 e. The van der Waals surface area contributed by atoms with Gasteiger partial charge in [-0.2, -0.15) is 10.2 Å². The van der Waals surface area contributed by atoms with Crippen molar-refractivity contribution in [2.75, 3.05) is 37.0 Å². The summed E-state index contributed by atoms with van der Waals surface area (Å²) in [6, 6.07) is 7.42. The highest BCUT2D eigenvalue weighted by Gasteiger charge is 2.22. The minimum Gasteiger partial charge on any atom is -0.495 e. The van der Waals surface area contributed by atoms with Crippen LogP contribution in [0.15, 0.2) is 29.6 Å². The quantitative estimate of drug-likeness (QED) is 0.339. The predicted molar refractivity (Wildman–Crippen MR) is 127 cm³/mol. The number of rotatable bonds is 8. The summed E-state index contributed by atoms with van der Waals surface area (Å²) in [7, 11) is 1.61. The lowest BCUT2D eigenvalue weighted by atomic mass is 10.0. The van der Waals surface area contributed by atoms with Gasteiger partial charge in [0.05, 0.1) is 49.2 Å². The topological polar surface area (TPSA) is 140 Å². The van der Waals surface area contributed by atoms with Crippen LogP contribution in [0.2, 0.25) is 0 Å². The van der Waals surface area contributed by atoms with Crippen LogP contribution in [0.4, 0.5) is 11.4 Å². The minimum atomic E-state index is -0.197. The van der Waals surface area contributed by atoms with Crippen LogP contribution in [0.25, 0.3) is 11.0 Å². The van der Waals surface area contributed by atoms with Gasteiger partial charge in [-0.05, 0) is 38.0 Å². The Morgan fingerprint density at radius 1 is 1.42 bits per heavy atom. The molecule has 11 nitrogen and oxygen atoms in total. The third-order valence-corrected chi connectivity index (χ3v) is 6.39. The number of methoxy groups -OCH3 is 1. The van der Waals surface area contributed by atoms with E-state index < -0.39 is 0 Å². The van der Waals surface area contributed by atoms with Crippen LogP contribution in [0.3, 0.4) is 0 Å². The number of hydrogen-bond acceptors (Lipinski definition) is 9. The Labute approximate surface area is 194 Å². The van der Waals surface area contributed by atoms with Crippen molar-refractivity contribution in [3.05, 3.63) is 40.6 Å². The molecule has 0 bridgehead atoms. The average molecular weight is 469 g/mol. The Hall–Kier alpha value is -3.56. The SMILES string of the molecule is COc1ccc(NC(=O)CNSn2[nH]c3c(C)c(C#N)ncc32)cc1N1CCC(N=O)CC1. The molecule has 1 fully saturated rings. The first kappa shape index (κ1) is 22.6. The maximum atomic E-state index is 12.4. The van der Waals surface area contributed by atoms with E-state index in [9.17, 15) is 9.70 Å². The van der Waals surface area contributed by atoms with Gasteiger partial charge in [0, 0.05) is 24.3 Å². The lowest BCUT2D eigenvalue weighted by molar-refractivity contribution is -0.115. The van der Waals surface area contributed by atoms with E-state index in [1.54, 1.807) is 23.5 Å². The number of pyridine rings is 1. The molecule has 3 N–H and O–H groups in total. The highest BCUT2D eigenvalue weighted by atomic mass is 32.2. The summed E-state index contributed by atoms with van der Waals surface area (Å²) < 4.78 is 10.2. The number of anilines is 2. The second-order valence-corrected chi connectivity index (χ2v) is 8.52. The Bertz CT molecular complexity index is 1210. The van der Waals surface area contributed by atoms with Crippen LogP contribution in [-0.2, 0) is 4.79 Å². The van der Waals surface area contributed by atoms with Crippen LogP contribution in [-0.4, -0.2) is 52.9 Å². The van der Waals surface area contributed by atoms with Crippen molar-refractivity contribution in [2.24, 2.45) is 5.18 Å². The first-order valence-corrected chi connectivity index (χ1v) is 11.2.